The van der Waals surface area contributed by atoms with Gasteiger partial charge in [-0.1, -0.05) is 13.8 Å². The Morgan fingerprint density at radius 3 is 3.00 bits per heavy atom. The minimum absolute atomic E-state index is 0.0772. The van der Waals surface area contributed by atoms with Crippen LogP contribution in [0.5, 0.6) is 5.88 Å². The van der Waals surface area contributed by atoms with Crippen LogP contribution < -0.4 is 4.74 Å². The molecule has 1 spiro atoms. The summed E-state index contributed by atoms with van der Waals surface area (Å²) >= 11 is 0. The first-order chi connectivity index (χ1) is 11.1. The Balaban J connectivity index is 1.49. The normalized spacial score (nSPS) is 22.9. The lowest BCUT2D eigenvalue weighted by molar-refractivity contribution is -0.193. The Hall–Kier alpha value is -1.69. The summed E-state index contributed by atoms with van der Waals surface area (Å²) in [5.41, 5.74) is -0.224. The lowest BCUT2D eigenvalue weighted by atomic mass is 9.84. The maximum Gasteiger partial charge on any atom is 0.232 e. The van der Waals surface area contributed by atoms with Crippen LogP contribution in [-0.4, -0.2) is 52.2 Å². The van der Waals surface area contributed by atoms with Gasteiger partial charge in [-0.3, -0.25) is 9.78 Å². The van der Waals surface area contributed by atoms with Crippen LogP contribution in [0.4, 0.5) is 0 Å². The third-order valence-corrected chi connectivity index (χ3v) is 4.52. The quantitative estimate of drug-likeness (QED) is 0.831. The molecule has 3 rings (SSSR count). The molecule has 23 heavy (non-hydrogen) atoms. The summed E-state index contributed by atoms with van der Waals surface area (Å²) in [6.07, 6.45) is 8.19. The van der Waals surface area contributed by atoms with Crippen LogP contribution in [0.15, 0.2) is 18.6 Å². The van der Waals surface area contributed by atoms with E-state index in [9.17, 15) is 4.79 Å². The highest BCUT2D eigenvalue weighted by atomic mass is 16.5. The molecular weight excluding hydrogens is 294 g/mol. The molecule has 126 valence electrons. The van der Waals surface area contributed by atoms with Gasteiger partial charge in [-0.05, 0) is 12.3 Å². The molecule has 1 aromatic rings. The SMILES string of the molecule is CC(C)CCC(=O)N1CC2(C[C@@H](Oc3cnccn3)CCO2)C1. The highest BCUT2D eigenvalue weighted by Gasteiger charge is 2.49. The number of rotatable bonds is 5. The van der Waals surface area contributed by atoms with Gasteiger partial charge in [0, 0.05) is 31.7 Å². The molecule has 0 bridgehead atoms. The first-order valence-corrected chi connectivity index (χ1v) is 8.41. The molecule has 3 heterocycles. The second-order valence-electron chi connectivity index (χ2n) is 6.99. The van der Waals surface area contributed by atoms with Crippen molar-refractivity contribution in [1.29, 1.82) is 0 Å². The van der Waals surface area contributed by atoms with E-state index < -0.39 is 0 Å². The van der Waals surface area contributed by atoms with E-state index in [2.05, 4.69) is 23.8 Å². The fraction of sp³-hybridized carbons (Fsp3) is 0.706. The molecule has 2 aliphatic heterocycles. The number of hydrogen-bond acceptors (Lipinski definition) is 5. The monoisotopic (exact) mass is 319 g/mol. The van der Waals surface area contributed by atoms with Gasteiger partial charge in [0.25, 0.3) is 0 Å². The molecule has 0 aliphatic carbocycles. The molecule has 1 amide bonds. The third-order valence-electron chi connectivity index (χ3n) is 4.52. The van der Waals surface area contributed by atoms with E-state index >= 15 is 0 Å². The van der Waals surface area contributed by atoms with Gasteiger partial charge in [-0.25, -0.2) is 4.98 Å². The molecule has 1 atom stereocenters. The summed E-state index contributed by atoms with van der Waals surface area (Å²) in [4.78, 5) is 22.2. The molecule has 1 aromatic heterocycles. The maximum absolute atomic E-state index is 12.1. The largest absolute Gasteiger partial charge is 0.473 e. The van der Waals surface area contributed by atoms with Gasteiger partial charge in [-0.15, -0.1) is 0 Å². The first kappa shape index (κ1) is 16.2. The van der Waals surface area contributed by atoms with Gasteiger partial charge in [0.05, 0.1) is 25.9 Å². The number of carbonyl (C=O) groups is 1. The zero-order chi connectivity index (χ0) is 16.3. The number of aromatic nitrogens is 2. The van der Waals surface area contributed by atoms with E-state index in [1.165, 1.54) is 0 Å². The van der Waals surface area contributed by atoms with Crippen LogP contribution in [0.1, 0.15) is 39.5 Å². The third kappa shape index (κ3) is 3.99. The topological polar surface area (TPSA) is 64.6 Å². The van der Waals surface area contributed by atoms with Gasteiger partial charge in [0.2, 0.25) is 11.8 Å². The number of ether oxygens (including phenoxy) is 2. The average molecular weight is 319 g/mol. The van der Waals surface area contributed by atoms with E-state index in [0.29, 0.717) is 37.9 Å². The molecule has 0 unspecified atom stereocenters. The van der Waals surface area contributed by atoms with Crippen LogP contribution in [0.3, 0.4) is 0 Å². The maximum atomic E-state index is 12.1. The van der Waals surface area contributed by atoms with Gasteiger partial charge < -0.3 is 14.4 Å². The Bertz CT molecular complexity index is 529. The number of hydrogen-bond donors (Lipinski definition) is 0. The number of likely N-dealkylation sites (tertiary alicyclic amines) is 1. The number of carbonyl (C=O) groups excluding carboxylic acids is 1. The van der Waals surface area contributed by atoms with Gasteiger partial charge in [0.1, 0.15) is 11.7 Å². The predicted octanol–water partition coefficient (Wildman–Crippen LogP) is 2.05. The van der Waals surface area contributed by atoms with Crippen LogP contribution in [0, 0.1) is 5.92 Å². The molecule has 0 saturated carbocycles. The Labute approximate surface area is 137 Å². The van der Waals surface area contributed by atoms with E-state index in [-0.39, 0.29) is 17.6 Å². The van der Waals surface area contributed by atoms with Crippen molar-refractivity contribution in [2.75, 3.05) is 19.7 Å². The van der Waals surface area contributed by atoms with Crippen molar-refractivity contribution in [2.45, 2.75) is 51.2 Å². The molecule has 6 heteroatoms. The lowest BCUT2D eigenvalue weighted by Crippen LogP contribution is -2.67. The molecule has 2 fully saturated rings. The van der Waals surface area contributed by atoms with Crippen molar-refractivity contribution in [1.82, 2.24) is 14.9 Å². The van der Waals surface area contributed by atoms with Gasteiger partial charge in [-0.2, -0.15) is 0 Å². The summed E-state index contributed by atoms with van der Waals surface area (Å²) < 4.78 is 11.9. The average Bonchev–Trinajstić information content (AvgIpc) is 2.51. The number of amides is 1. The van der Waals surface area contributed by atoms with Crippen LogP contribution in [0.2, 0.25) is 0 Å². The van der Waals surface area contributed by atoms with Crippen LogP contribution in [0.25, 0.3) is 0 Å². The second-order valence-corrected chi connectivity index (χ2v) is 6.99. The van der Waals surface area contributed by atoms with Crippen molar-refractivity contribution >= 4 is 5.91 Å². The van der Waals surface area contributed by atoms with E-state index in [4.69, 9.17) is 9.47 Å². The molecule has 0 radical (unpaired) electrons. The summed E-state index contributed by atoms with van der Waals surface area (Å²) in [6.45, 7) is 6.32. The Morgan fingerprint density at radius 2 is 2.30 bits per heavy atom. The second kappa shape index (κ2) is 6.83. The fourth-order valence-corrected chi connectivity index (χ4v) is 3.22. The molecule has 6 nitrogen and oxygen atoms in total. The zero-order valence-electron chi connectivity index (χ0n) is 13.9. The summed E-state index contributed by atoms with van der Waals surface area (Å²) in [6, 6.07) is 0. The van der Waals surface area contributed by atoms with Crippen molar-refractivity contribution in [3.63, 3.8) is 0 Å². The number of nitrogens with zero attached hydrogens (tertiary/aromatic N) is 3. The molecule has 2 saturated heterocycles. The van der Waals surface area contributed by atoms with Crippen molar-refractivity contribution in [3.05, 3.63) is 18.6 Å². The predicted molar refractivity (Wildman–Crippen MR) is 85.0 cm³/mol. The van der Waals surface area contributed by atoms with Crippen molar-refractivity contribution < 1.29 is 14.3 Å². The van der Waals surface area contributed by atoms with Crippen molar-refractivity contribution in [2.24, 2.45) is 5.92 Å². The van der Waals surface area contributed by atoms with E-state index in [0.717, 1.165) is 19.3 Å². The van der Waals surface area contributed by atoms with Crippen molar-refractivity contribution in [3.8, 4) is 5.88 Å². The Kier molecular flexibility index (Phi) is 4.80. The zero-order valence-corrected chi connectivity index (χ0v) is 13.9. The van der Waals surface area contributed by atoms with Gasteiger partial charge in [0.15, 0.2) is 0 Å². The lowest BCUT2D eigenvalue weighted by Gasteiger charge is -2.52. The highest BCUT2D eigenvalue weighted by Crippen LogP contribution is 2.36. The van der Waals surface area contributed by atoms with Crippen LogP contribution >= 0.6 is 0 Å². The smallest absolute Gasteiger partial charge is 0.232 e. The summed E-state index contributed by atoms with van der Waals surface area (Å²) in [7, 11) is 0. The van der Waals surface area contributed by atoms with E-state index in [1.807, 2.05) is 4.90 Å². The standard InChI is InChI=1S/C17H25N3O3/c1-13(2)3-4-16(21)20-11-17(12-20)9-14(5-8-22-17)23-15-10-18-6-7-19-15/h6-7,10,13-14H,3-5,8-9,11-12H2,1-2H3/t14-/m0/s1. The molecule has 0 aromatic carbocycles. The minimum atomic E-state index is -0.224. The summed E-state index contributed by atoms with van der Waals surface area (Å²) in [5, 5.41) is 0. The molecular formula is C17H25N3O3. The highest BCUT2D eigenvalue weighted by molar-refractivity contribution is 5.77. The molecule has 0 N–H and O–H groups in total. The molecule has 2 aliphatic rings. The summed E-state index contributed by atoms with van der Waals surface area (Å²) in [5.74, 6) is 1.36. The van der Waals surface area contributed by atoms with Crippen LogP contribution in [-0.2, 0) is 9.53 Å². The van der Waals surface area contributed by atoms with E-state index in [1.54, 1.807) is 18.6 Å². The fourth-order valence-electron chi connectivity index (χ4n) is 3.22. The van der Waals surface area contributed by atoms with Gasteiger partial charge >= 0.3 is 0 Å². The first-order valence-electron chi connectivity index (χ1n) is 8.41. The Morgan fingerprint density at radius 1 is 1.48 bits per heavy atom. The minimum Gasteiger partial charge on any atom is -0.473 e.